The fourth-order valence-electron chi connectivity index (χ4n) is 4.36. The summed E-state index contributed by atoms with van der Waals surface area (Å²) in [5.74, 6) is 2.63. The Morgan fingerprint density at radius 3 is 2.00 bits per heavy atom. The van der Waals surface area contributed by atoms with Crippen molar-refractivity contribution in [3.05, 3.63) is 12.7 Å². The van der Waals surface area contributed by atoms with E-state index in [2.05, 4.69) is 6.58 Å². The van der Waals surface area contributed by atoms with Crippen LogP contribution in [0.1, 0.15) is 83.5 Å². The molecule has 0 saturated heterocycles. The van der Waals surface area contributed by atoms with Crippen LogP contribution in [0.4, 0.5) is 0 Å². The van der Waals surface area contributed by atoms with E-state index in [1.54, 1.807) is 0 Å². The molecular formula is C20H34O2. The summed E-state index contributed by atoms with van der Waals surface area (Å²) in [4.78, 5) is 11.0. The van der Waals surface area contributed by atoms with Crippen LogP contribution in [0.5, 0.6) is 0 Å². The summed E-state index contributed by atoms with van der Waals surface area (Å²) in [6, 6.07) is 0. The molecule has 126 valence electrons. The molecule has 0 aromatic heterocycles. The Labute approximate surface area is 136 Å². The predicted octanol–water partition coefficient (Wildman–Crippen LogP) is 5.66. The third kappa shape index (κ3) is 6.54. The second-order valence-corrected chi connectivity index (χ2v) is 7.48. The topological polar surface area (TPSA) is 26.3 Å². The van der Waals surface area contributed by atoms with Crippen molar-refractivity contribution in [2.45, 2.75) is 83.5 Å². The average molecular weight is 306 g/mol. The molecule has 0 atom stereocenters. The molecule has 2 heteroatoms. The molecule has 0 heterocycles. The van der Waals surface area contributed by atoms with Gasteiger partial charge in [-0.25, -0.2) is 4.79 Å². The van der Waals surface area contributed by atoms with Crippen LogP contribution in [-0.4, -0.2) is 12.6 Å². The molecule has 2 aliphatic carbocycles. The Balaban J connectivity index is 1.50. The van der Waals surface area contributed by atoms with Crippen LogP contribution in [0.2, 0.25) is 0 Å². The SMILES string of the molecule is C=CC(=O)OCCCC1CCC(CCC2CCCCC2)CC1. The quantitative estimate of drug-likeness (QED) is 0.328. The first-order valence-corrected chi connectivity index (χ1v) is 9.57. The lowest BCUT2D eigenvalue weighted by atomic mass is 9.76. The Kier molecular flexibility index (Phi) is 8.04. The highest BCUT2D eigenvalue weighted by atomic mass is 16.5. The second-order valence-electron chi connectivity index (χ2n) is 7.48. The molecule has 2 fully saturated rings. The minimum Gasteiger partial charge on any atom is -0.463 e. The van der Waals surface area contributed by atoms with Crippen LogP contribution >= 0.6 is 0 Å². The number of ether oxygens (including phenoxy) is 1. The first-order valence-electron chi connectivity index (χ1n) is 9.57. The van der Waals surface area contributed by atoms with E-state index >= 15 is 0 Å². The average Bonchev–Trinajstić information content (AvgIpc) is 2.58. The minimum absolute atomic E-state index is 0.286. The largest absolute Gasteiger partial charge is 0.463 e. The maximum atomic E-state index is 11.0. The zero-order valence-electron chi connectivity index (χ0n) is 14.2. The number of esters is 1. The van der Waals surface area contributed by atoms with Crippen LogP contribution in [0.3, 0.4) is 0 Å². The van der Waals surface area contributed by atoms with Crippen molar-refractivity contribution in [3.8, 4) is 0 Å². The van der Waals surface area contributed by atoms with Gasteiger partial charge in [0.05, 0.1) is 6.61 Å². The Morgan fingerprint density at radius 2 is 1.41 bits per heavy atom. The summed E-state index contributed by atoms with van der Waals surface area (Å²) in [5, 5.41) is 0. The number of rotatable bonds is 8. The maximum Gasteiger partial charge on any atom is 0.330 e. The van der Waals surface area contributed by atoms with E-state index in [1.165, 1.54) is 83.1 Å². The lowest BCUT2D eigenvalue weighted by Gasteiger charge is -2.30. The summed E-state index contributed by atoms with van der Waals surface area (Å²) >= 11 is 0. The van der Waals surface area contributed by atoms with Gasteiger partial charge in [-0.1, -0.05) is 77.2 Å². The third-order valence-electron chi connectivity index (χ3n) is 5.84. The molecule has 0 N–H and O–H groups in total. The van der Waals surface area contributed by atoms with E-state index in [4.69, 9.17) is 4.74 Å². The van der Waals surface area contributed by atoms with E-state index in [9.17, 15) is 4.79 Å². The van der Waals surface area contributed by atoms with Crippen molar-refractivity contribution in [1.82, 2.24) is 0 Å². The normalized spacial score (nSPS) is 26.5. The van der Waals surface area contributed by atoms with Gasteiger partial charge < -0.3 is 4.74 Å². The highest BCUT2D eigenvalue weighted by Crippen LogP contribution is 2.36. The van der Waals surface area contributed by atoms with Crippen LogP contribution in [0.15, 0.2) is 12.7 Å². The molecule has 2 aliphatic rings. The van der Waals surface area contributed by atoms with Crippen molar-refractivity contribution in [3.63, 3.8) is 0 Å². The molecule has 0 aliphatic heterocycles. The van der Waals surface area contributed by atoms with Crippen LogP contribution < -0.4 is 0 Å². The van der Waals surface area contributed by atoms with Gasteiger partial charge in [-0.05, 0) is 30.6 Å². The lowest BCUT2D eigenvalue weighted by molar-refractivity contribution is -0.137. The van der Waals surface area contributed by atoms with Crippen molar-refractivity contribution in [2.75, 3.05) is 6.61 Å². The van der Waals surface area contributed by atoms with E-state index in [-0.39, 0.29) is 5.97 Å². The van der Waals surface area contributed by atoms with Crippen LogP contribution in [0, 0.1) is 17.8 Å². The van der Waals surface area contributed by atoms with Gasteiger partial charge in [0.1, 0.15) is 0 Å². The highest BCUT2D eigenvalue weighted by Gasteiger charge is 2.22. The van der Waals surface area contributed by atoms with Gasteiger partial charge in [0.15, 0.2) is 0 Å². The molecule has 2 nitrogen and oxygen atoms in total. The lowest BCUT2D eigenvalue weighted by Crippen LogP contribution is -2.17. The van der Waals surface area contributed by atoms with Gasteiger partial charge >= 0.3 is 5.97 Å². The first-order chi connectivity index (χ1) is 10.8. The predicted molar refractivity (Wildman–Crippen MR) is 91.6 cm³/mol. The van der Waals surface area contributed by atoms with Gasteiger partial charge in [-0.2, -0.15) is 0 Å². The van der Waals surface area contributed by atoms with Gasteiger partial charge in [0.2, 0.25) is 0 Å². The van der Waals surface area contributed by atoms with E-state index < -0.39 is 0 Å². The molecule has 0 amide bonds. The summed E-state index contributed by atoms with van der Waals surface area (Å²) in [7, 11) is 0. The summed E-state index contributed by atoms with van der Waals surface area (Å²) in [5.41, 5.74) is 0. The fraction of sp³-hybridized carbons (Fsp3) is 0.850. The number of carbonyl (C=O) groups excluding carboxylic acids is 1. The van der Waals surface area contributed by atoms with Gasteiger partial charge in [0.25, 0.3) is 0 Å². The van der Waals surface area contributed by atoms with Crippen LogP contribution in [-0.2, 0) is 9.53 Å². The van der Waals surface area contributed by atoms with Gasteiger partial charge in [0, 0.05) is 6.08 Å². The third-order valence-corrected chi connectivity index (χ3v) is 5.84. The molecule has 0 spiro atoms. The molecule has 2 rings (SSSR count). The standard InChI is InChI=1S/C20H34O2/c1-2-20(21)22-16-6-9-18-11-14-19(15-12-18)13-10-17-7-4-3-5-8-17/h2,17-19H,1,3-16H2. The summed E-state index contributed by atoms with van der Waals surface area (Å²) in [6.07, 6.45) is 19.5. The van der Waals surface area contributed by atoms with E-state index in [0.717, 1.165) is 24.2 Å². The Hall–Kier alpha value is -0.790. The van der Waals surface area contributed by atoms with Gasteiger partial charge in [-0.15, -0.1) is 0 Å². The molecule has 0 radical (unpaired) electrons. The Bertz CT molecular complexity index is 323. The second kappa shape index (κ2) is 10.1. The molecule has 0 aromatic carbocycles. The molecule has 0 unspecified atom stereocenters. The Morgan fingerprint density at radius 1 is 0.864 bits per heavy atom. The van der Waals surface area contributed by atoms with Gasteiger partial charge in [-0.3, -0.25) is 0 Å². The number of hydrogen-bond acceptors (Lipinski definition) is 2. The monoisotopic (exact) mass is 306 g/mol. The van der Waals surface area contributed by atoms with Crippen molar-refractivity contribution in [1.29, 1.82) is 0 Å². The highest BCUT2D eigenvalue weighted by molar-refractivity contribution is 5.81. The summed E-state index contributed by atoms with van der Waals surface area (Å²) in [6.45, 7) is 3.98. The van der Waals surface area contributed by atoms with Crippen molar-refractivity contribution in [2.24, 2.45) is 17.8 Å². The molecule has 0 bridgehead atoms. The molecule has 0 aromatic rings. The zero-order valence-corrected chi connectivity index (χ0v) is 14.2. The van der Waals surface area contributed by atoms with E-state index in [0.29, 0.717) is 6.61 Å². The van der Waals surface area contributed by atoms with Crippen molar-refractivity contribution >= 4 is 5.97 Å². The zero-order chi connectivity index (χ0) is 15.6. The molecule has 2 saturated carbocycles. The smallest absolute Gasteiger partial charge is 0.330 e. The summed E-state index contributed by atoms with van der Waals surface area (Å²) < 4.78 is 5.05. The van der Waals surface area contributed by atoms with Crippen molar-refractivity contribution < 1.29 is 9.53 Å². The first kappa shape index (κ1) is 17.6. The number of hydrogen-bond donors (Lipinski definition) is 0. The molecular weight excluding hydrogens is 272 g/mol. The number of carbonyl (C=O) groups is 1. The van der Waals surface area contributed by atoms with Crippen LogP contribution in [0.25, 0.3) is 0 Å². The minimum atomic E-state index is -0.286. The molecule has 22 heavy (non-hydrogen) atoms. The maximum absolute atomic E-state index is 11.0. The fourth-order valence-corrected chi connectivity index (χ4v) is 4.36. The van der Waals surface area contributed by atoms with E-state index in [1.807, 2.05) is 0 Å².